The largest absolute Gasteiger partial charge is 0.370 e. The van der Waals surface area contributed by atoms with Crippen LogP contribution >= 0.6 is 11.8 Å². The molecule has 0 aromatic rings. The zero-order valence-corrected chi connectivity index (χ0v) is 10.7. The van der Waals surface area contributed by atoms with E-state index in [1.165, 1.54) is 0 Å². The summed E-state index contributed by atoms with van der Waals surface area (Å²) in [6.07, 6.45) is 3.33. The molecule has 0 fully saturated rings. The van der Waals surface area contributed by atoms with Crippen molar-refractivity contribution in [2.24, 2.45) is 11.5 Å². The lowest BCUT2D eigenvalue weighted by molar-refractivity contribution is -0.125. The number of aldehydes is 1. The number of carbonyl (C=O) groups is 3. The number of thioether (sulfide) groups is 1. The predicted molar refractivity (Wildman–Crippen MR) is 67.4 cm³/mol. The van der Waals surface area contributed by atoms with Gasteiger partial charge in [0.15, 0.2) is 0 Å². The molecule has 0 heterocycles. The topological polar surface area (TPSA) is 115 Å². The van der Waals surface area contributed by atoms with E-state index in [1.54, 1.807) is 11.8 Å². The molecule has 0 unspecified atom stereocenters. The van der Waals surface area contributed by atoms with Gasteiger partial charge in [-0.05, 0) is 24.9 Å². The van der Waals surface area contributed by atoms with Crippen LogP contribution in [0.3, 0.4) is 0 Å². The fourth-order valence-corrected chi connectivity index (χ4v) is 1.63. The van der Waals surface area contributed by atoms with Crippen LogP contribution in [-0.2, 0) is 14.4 Å². The maximum absolute atomic E-state index is 11.5. The second kappa shape index (κ2) is 9.00. The molecule has 0 aliphatic rings. The Morgan fingerprint density at radius 3 is 2.53 bits per heavy atom. The quantitative estimate of drug-likeness (QED) is 0.461. The minimum Gasteiger partial charge on any atom is -0.370 e. The number of carbonyl (C=O) groups excluding carboxylic acids is 3. The summed E-state index contributed by atoms with van der Waals surface area (Å²) >= 11 is 1.60. The maximum Gasteiger partial charge on any atom is 0.237 e. The summed E-state index contributed by atoms with van der Waals surface area (Å²) in [6, 6.07) is -1.33. The number of hydrogen-bond acceptors (Lipinski definition) is 5. The SMILES string of the molecule is CSCC[C@H](N)C(=O)N[C@H](C=O)CCC(N)=O. The number of hydrogen-bond donors (Lipinski definition) is 3. The van der Waals surface area contributed by atoms with Crippen LogP contribution in [0, 0.1) is 0 Å². The first-order valence-corrected chi connectivity index (χ1v) is 6.69. The van der Waals surface area contributed by atoms with Gasteiger partial charge in [-0.3, -0.25) is 9.59 Å². The minimum absolute atomic E-state index is 0.0593. The fraction of sp³-hybridized carbons (Fsp3) is 0.700. The highest BCUT2D eigenvalue weighted by atomic mass is 32.2. The van der Waals surface area contributed by atoms with Gasteiger partial charge in [0.1, 0.15) is 6.29 Å². The zero-order valence-electron chi connectivity index (χ0n) is 9.85. The van der Waals surface area contributed by atoms with E-state index in [-0.39, 0.29) is 18.7 Å². The van der Waals surface area contributed by atoms with Crippen molar-refractivity contribution in [1.29, 1.82) is 0 Å². The molecule has 0 aromatic carbocycles. The van der Waals surface area contributed by atoms with Gasteiger partial charge in [0, 0.05) is 6.42 Å². The Morgan fingerprint density at radius 1 is 1.41 bits per heavy atom. The Balaban J connectivity index is 4.04. The minimum atomic E-state index is -0.699. The van der Waals surface area contributed by atoms with Gasteiger partial charge in [-0.25, -0.2) is 0 Å². The van der Waals surface area contributed by atoms with Crippen LogP contribution in [0.1, 0.15) is 19.3 Å². The van der Waals surface area contributed by atoms with Crippen molar-refractivity contribution in [2.45, 2.75) is 31.3 Å². The monoisotopic (exact) mass is 261 g/mol. The lowest BCUT2D eigenvalue weighted by Crippen LogP contribution is -2.46. The van der Waals surface area contributed by atoms with E-state index < -0.39 is 18.0 Å². The van der Waals surface area contributed by atoms with Crippen LogP contribution < -0.4 is 16.8 Å². The van der Waals surface area contributed by atoms with Crippen LogP contribution in [0.25, 0.3) is 0 Å². The number of rotatable bonds is 9. The molecule has 0 spiro atoms. The molecule has 2 amide bonds. The molecule has 17 heavy (non-hydrogen) atoms. The van der Waals surface area contributed by atoms with Crippen LogP contribution in [0.5, 0.6) is 0 Å². The Kier molecular flexibility index (Phi) is 8.43. The molecule has 6 nitrogen and oxygen atoms in total. The Hall–Kier alpha value is -1.08. The average molecular weight is 261 g/mol. The first-order chi connectivity index (χ1) is 8.01. The summed E-state index contributed by atoms with van der Waals surface area (Å²) in [7, 11) is 0. The van der Waals surface area contributed by atoms with Crippen molar-refractivity contribution in [2.75, 3.05) is 12.0 Å². The fourth-order valence-electron chi connectivity index (χ4n) is 1.14. The Bertz CT molecular complexity index is 274. The molecule has 5 N–H and O–H groups in total. The summed E-state index contributed by atoms with van der Waals surface area (Å²) in [4.78, 5) is 32.8. The van der Waals surface area contributed by atoms with Crippen molar-refractivity contribution in [1.82, 2.24) is 5.32 Å². The smallest absolute Gasteiger partial charge is 0.237 e. The number of primary amides is 1. The van der Waals surface area contributed by atoms with Crippen LogP contribution in [0.15, 0.2) is 0 Å². The highest BCUT2D eigenvalue weighted by Crippen LogP contribution is 2.00. The molecule has 0 bridgehead atoms. The molecule has 0 aliphatic heterocycles. The second-order valence-electron chi connectivity index (χ2n) is 3.64. The third kappa shape index (κ3) is 7.76. The maximum atomic E-state index is 11.5. The van der Waals surface area contributed by atoms with E-state index in [0.29, 0.717) is 12.7 Å². The normalized spacial score (nSPS) is 13.8. The summed E-state index contributed by atoms with van der Waals surface area (Å²) in [5.41, 5.74) is 10.6. The lowest BCUT2D eigenvalue weighted by atomic mass is 10.1. The highest BCUT2D eigenvalue weighted by molar-refractivity contribution is 7.98. The molecule has 0 radical (unpaired) electrons. The molecular formula is C10H19N3O3S. The Labute approximate surface area is 105 Å². The average Bonchev–Trinajstić information content (AvgIpc) is 2.30. The van der Waals surface area contributed by atoms with Gasteiger partial charge in [-0.2, -0.15) is 11.8 Å². The zero-order chi connectivity index (χ0) is 13.3. The Morgan fingerprint density at radius 2 is 2.06 bits per heavy atom. The first kappa shape index (κ1) is 15.9. The van der Waals surface area contributed by atoms with Gasteiger partial charge in [0.2, 0.25) is 11.8 Å². The van der Waals surface area contributed by atoms with Gasteiger partial charge in [-0.15, -0.1) is 0 Å². The molecule has 2 atom stereocenters. The molecule has 98 valence electrons. The van der Waals surface area contributed by atoms with Gasteiger partial charge in [0.25, 0.3) is 0 Å². The number of nitrogens with two attached hydrogens (primary N) is 2. The molecule has 0 rings (SSSR count). The molecule has 7 heteroatoms. The van der Waals surface area contributed by atoms with E-state index in [4.69, 9.17) is 11.5 Å². The highest BCUT2D eigenvalue weighted by Gasteiger charge is 2.17. The number of nitrogens with one attached hydrogen (secondary N) is 1. The standard InChI is InChI=1S/C10H19N3O3S/c1-17-5-4-8(11)10(16)13-7(6-14)2-3-9(12)15/h6-8H,2-5,11H2,1H3,(H2,12,15)(H,13,16)/t7-,8-/m0/s1. The van der Waals surface area contributed by atoms with E-state index in [2.05, 4.69) is 5.32 Å². The van der Waals surface area contributed by atoms with E-state index in [9.17, 15) is 14.4 Å². The van der Waals surface area contributed by atoms with Gasteiger partial charge >= 0.3 is 0 Å². The van der Waals surface area contributed by atoms with Crippen LogP contribution in [0.4, 0.5) is 0 Å². The molecule has 0 aliphatic carbocycles. The predicted octanol–water partition coefficient (Wildman–Crippen LogP) is -0.984. The summed E-state index contributed by atoms with van der Waals surface area (Å²) < 4.78 is 0. The van der Waals surface area contributed by atoms with Crippen LogP contribution in [0.2, 0.25) is 0 Å². The molecule has 0 aromatic heterocycles. The van der Waals surface area contributed by atoms with Crippen molar-refractivity contribution < 1.29 is 14.4 Å². The van der Waals surface area contributed by atoms with Gasteiger partial charge in [-0.1, -0.05) is 0 Å². The van der Waals surface area contributed by atoms with Crippen LogP contribution in [-0.4, -0.2) is 42.2 Å². The summed E-state index contributed by atoms with van der Waals surface area (Å²) in [6.45, 7) is 0. The second-order valence-corrected chi connectivity index (χ2v) is 4.63. The number of amides is 2. The molecular weight excluding hydrogens is 242 g/mol. The van der Waals surface area contributed by atoms with E-state index >= 15 is 0 Å². The lowest BCUT2D eigenvalue weighted by Gasteiger charge is -2.15. The third-order valence-electron chi connectivity index (χ3n) is 2.16. The van der Waals surface area contributed by atoms with E-state index in [0.717, 1.165) is 5.75 Å². The molecule has 0 saturated heterocycles. The van der Waals surface area contributed by atoms with Gasteiger partial charge < -0.3 is 21.6 Å². The first-order valence-electron chi connectivity index (χ1n) is 5.29. The third-order valence-corrected chi connectivity index (χ3v) is 2.81. The summed E-state index contributed by atoms with van der Waals surface area (Å²) in [5.74, 6) is -0.0971. The van der Waals surface area contributed by atoms with Crippen molar-refractivity contribution >= 4 is 29.9 Å². The van der Waals surface area contributed by atoms with E-state index in [1.807, 2.05) is 6.26 Å². The summed E-state index contributed by atoms with van der Waals surface area (Å²) in [5, 5.41) is 2.48. The van der Waals surface area contributed by atoms with Crippen molar-refractivity contribution in [3.8, 4) is 0 Å². The van der Waals surface area contributed by atoms with Gasteiger partial charge in [0.05, 0.1) is 12.1 Å². The molecule has 0 saturated carbocycles. The van der Waals surface area contributed by atoms with Crippen molar-refractivity contribution in [3.63, 3.8) is 0 Å². The van der Waals surface area contributed by atoms with Crippen molar-refractivity contribution in [3.05, 3.63) is 0 Å².